The van der Waals surface area contributed by atoms with Crippen molar-refractivity contribution in [2.45, 2.75) is 25.9 Å². The van der Waals surface area contributed by atoms with Gasteiger partial charge in [0.15, 0.2) is 5.75 Å². The molecular formula is C18H20O3. The Morgan fingerprint density at radius 1 is 1.00 bits per heavy atom. The van der Waals surface area contributed by atoms with Gasteiger partial charge >= 0.3 is 0 Å². The van der Waals surface area contributed by atoms with Gasteiger partial charge in [0.25, 0.3) is 0 Å². The molecule has 1 N–H and O–H groups in total. The molecule has 3 heteroatoms. The second-order valence-corrected chi connectivity index (χ2v) is 5.30. The Morgan fingerprint density at radius 3 is 2.24 bits per heavy atom. The molecule has 110 valence electrons. The van der Waals surface area contributed by atoms with Gasteiger partial charge in [-0.1, -0.05) is 56.3 Å². The average molecular weight is 284 g/mol. The lowest BCUT2D eigenvalue weighted by Crippen LogP contribution is -2.13. The normalized spacial score (nSPS) is 12.2. The van der Waals surface area contributed by atoms with Crippen LogP contribution in [0.1, 0.15) is 42.6 Å². The number of hydrogen-bond donors (Lipinski definition) is 1. The van der Waals surface area contributed by atoms with Gasteiger partial charge in [0.1, 0.15) is 6.10 Å². The van der Waals surface area contributed by atoms with Crippen LogP contribution in [0.25, 0.3) is 0 Å². The van der Waals surface area contributed by atoms with Gasteiger partial charge in [-0.15, -0.1) is 0 Å². The molecule has 0 aliphatic rings. The molecule has 0 radical (unpaired) electrons. The molecule has 2 rings (SSSR count). The van der Waals surface area contributed by atoms with Gasteiger partial charge in [-0.2, -0.15) is 0 Å². The summed E-state index contributed by atoms with van der Waals surface area (Å²) in [6.45, 7) is 4.10. The summed E-state index contributed by atoms with van der Waals surface area (Å²) < 4.78 is 5.20. The Balaban J connectivity index is 2.59. The second-order valence-electron chi connectivity index (χ2n) is 5.30. The lowest BCUT2D eigenvalue weighted by molar-refractivity contribution is 0.218. The Labute approximate surface area is 124 Å². The van der Waals surface area contributed by atoms with Crippen LogP contribution in [0.5, 0.6) is 5.75 Å². The number of aliphatic hydroxyl groups excluding tert-OH is 1. The third kappa shape index (κ3) is 3.31. The van der Waals surface area contributed by atoms with E-state index in [1.807, 2.05) is 38.1 Å². The smallest absolute Gasteiger partial charge is 0.226 e. The molecule has 21 heavy (non-hydrogen) atoms. The van der Waals surface area contributed by atoms with E-state index < -0.39 is 6.10 Å². The molecule has 0 amide bonds. The minimum atomic E-state index is -0.958. The Hall–Kier alpha value is -2.13. The van der Waals surface area contributed by atoms with Crippen molar-refractivity contribution in [3.8, 4) is 5.75 Å². The van der Waals surface area contributed by atoms with Crippen molar-refractivity contribution in [3.05, 3.63) is 75.4 Å². The molecule has 0 aromatic heterocycles. The van der Waals surface area contributed by atoms with Crippen LogP contribution in [0.15, 0.2) is 53.3 Å². The summed E-state index contributed by atoms with van der Waals surface area (Å²) in [6, 6.07) is 14.4. The zero-order valence-electron chi connectivity index (χ0n) is 12.5. The van der Waals surface area contributed by atoms with E-state index in [-0.39, 0.29) is 17.1 Å². The molecule has 0 aliphatic heterocycles. The van der Waals surface area contributed by atoms with Crippen molar-refractivity contribution < 1.29 is 9.84 Å². The van der Waals surface area contributed by atoms with Gasteiger partial charge < -0.3 is 9.84 Å². The molecule has 0 aliphatic carbocycles. The molecule has 2 aromatic rings. The first-order chi connectivity index (χ1) is 10.0. The fraction of sp³-hybridized carbons (Fsp3) is 0.278. The fourth-order valence-corrected chi connectivity index (χ4v) is 2.21. The first-order valence-electron chi connectivity index (χ1n) is 6.99. The molecule has 3 nitrogen and oxygen atoms in total. The highest BCUT2D eigenvalue weighted by Crippen LogP contribution is 2.23. The van der Waals surface area contributed by atoms with E-state index in [4.69, 9.17) is 4.74 Å². The van der Waals surface area contributed by atoms with Crippen molar-refractivity contribution in [1.29, 1.82) is 0 Å². The topological polar surface area (TPSA) is 46.5 Å². The maximum absolute atomic E-state index is 12.5. The lowest BCUT2D eigenvalue weighted by Gasteiger charge is -2.09. The molecule has 0 spiro atoms. The summed E-state index contributed by atoms with van der Waals surface area (Å²) in [6.07, 6.45) is -0.958. The standard InChI is InChI=1S/C18H20O3/c1-12(2)14-9-10-15(18(20)16(11-14)21-3)17(19)13-7-5-4-6-8-13/h4-12,17,19H,1-3H3. The second kappa shape index (κ2) is 6.55. The summed E-state index contributed by atoms with van der Waals surface area (Å²) in [5.74, 6) is 0.529. The zero-order chi connectivity index (χ0) is 15.4. The first-order valence-corrected chi connectivity index (χ1v) is 6.99. The predicted molar refractivity (Wildman–Crippen MR) is 83.9 cm³/mol. The first kappa shape index (κ1) is 15.3. The SMILES string of the molecule is COc1cc(C(C)C)ccc(C(O)c2ccccc2)c1=O. The quantitative estimate of drug-likeness (QED) is 0.937. The molecule has 0 saturated carbocycles. The Kier molecular flexibility index (Phi) is 4.76. The third-order valence-electron chi connectivity index (χ3n) is 3.54. The summed E-state index contributed by atoms with van der Waals surface area (Å²) in [7, 11) is 1.47. The van der Waals surface area contributed by atoms with E-state index in [0.29, 0.717) is 11.1 Å². The summed E-state index contributed by atoms with van der Waals surface area (Å²) in [4.78, 5) is 12.5. The largest absolute Gasteiger partial charge is 0.493 e. The molecule has 1 unspecified atom stereocenters. The number of hydrogen-bond acceptors (Lipinski definition) is 3. The van der Waals surface area contributed by atoms with Crippen LogP contribution in [0.4, 0.5) is 0 Å². The monoisotopic (exact) mass is 284 g/mol. The van der Waals surface area contributed by atoms with Crippen LogP contribution < -0.4 is 10.2 Å². The molecule has 2 aromatic carbocycles. The highest BCUT2D eigenvalue weighted by molar-refractivity contribution is 5.37. The molecular weight excluding hydrogens is 264 g/mol. The van der Waals surface area contributed by atoms with Crippen LogP contribution in [0, 0.1) is 0 Å². The highest BCUT2D eigenvalue weighted by Gasteiger charge is 2.16. The molecule has 0 bridgehead atoms. The van der Waals surface area contributed by atoms with Crippen LogP contribution in [0.3, 0.4) is 0 Å². The van der Waals surface area contributed by atoms with Gasteiger partial charge in [-0.25, -0.2) is 0 Å². The molecule has 1 atom stereocenters. The van der Waals surface area contributed by atoms with Gasteiger partial charge in [0.05, 0.1) is 7.11 Å². The fourth-order valence-electron chi connectivity index (χ4n) is 2.21. The number of benzene rings is 1. The minimum Gasteiger partial charge on any atom is -0.493 e. The molecule has 0 heterocycles. The zero-order valence-corrected chi connectivity index (χ0v) is 12.5. The number of ether oxygens (including phenoxy) is 1. The number of rotatable bonds is 4. The van der Waals surface area contributed by atoms with Crippen molar-refractivity contribution in [3.63, 3.8) is 0 Å². The van der Waals surface area contributed by atoms with Crippen LogP contribution in [0.2, 0.25) is 0 Å². The van der Waals surface area contributed by atoms with Crippen LogP contribution >= 0.6 is 0 Å². The van der Waals surface area contributed by atoms with Crippen LogP contribution in [-0.2, 0) is 0 Å². The number of aliphatic hydroxyl groups is 1. The van der Waals surface area contributed by atoms with Crippen molar-refractivity contribution in [2.75, 3.05) is 7.11 Å². The predicted octanol–water partition coefficient (Wildman–Crippen LogP) is 3.26. The van der Waals surface area contributed by atoms with E-state index in [1.165, 1.54) is 7.11 Å². The third-order valence-corrected chi connectivity index (χ3v) is 3.54. The van der Waals surface area contributed by atoms with E-state index in [2.05, 4.69) is 0 Å². The molecule has 0 saturated heterocycles. The van der Waals surface area contributed by atoms with Crippen molar-refractivity contribution in [1.82, 2.24) is 0 Å². The Bertz CT molecular complexity index is 663. The summed E-state index contributed by atoms with van der Waals surface area (Å²) in [5.41, 5.74) is 1.73. The van der Waals surface area contributed by atoms with E-state index in [9.17, 15) is 9.90 Å². The van der Waals surface area contributed by atoms with E-state index in [1.54, 1.807) is 24.3 Å². The van der Waals surface area contributed by atoms with E-state index >= 15 is 0 Å². The van der Waals surface area contributed by atoms with Crippen molar-refractivity contribution in [2.24, 2.45) is 0 Å². The lowest BCUT2D eigenvalue weighted by atomic mass is 10.0. The van der Waals surface area contributed by atoms with E-state index in [0.717, 1.165) is 5.56 Å². The maximum Gasteiger partial charge on any atom is 0.226 e. The summed E-state index contributed by atoms with van der Waals surface area (Å²) in [5, 5.41) is 10.5. The maximum atomic E-state index is 12.5. The Morgan fingerprint density at radius 2 is 1.67 bits per heavy atom. The van der Waals surface area contributed by atoms with Crippen LogP contribution in [-0.4, -0.2) is 12.2 Å². The average Bonchev–Trinajstić information content (AvgIpc) is 2.66. The van der Waals surface area contributed by atoms with Crippen molar-refractivity contribution >= 4 is 0 Å². The summed E-state index contributed by atoms with van der Waals surface area (Å²) >= 11 is 0. The number of methoxy groups -OCH3 is 1. The molecule has 0 fully saturated rings. The van der Waals surface area contributed by atoms with Gasteiger partial charge in [0.2, 0.25) is 5.43 Å². The highest BCUT2D eigenvalue weighted by atomic mass is 16.5. The minimum absolute atomic E-state index is 0.258. The van der Waals surface area contributed by atoms with Gasteiger partial charge in [-0.05, 0) is 23.1 Å². The van der Waals surface area contributed by atoms with Gasteiger partial charge in [0, 0.05) is 5.56 Å². The van der Waals surface area contributed by atoms with Gasteiger partial charge in [-0.3, -0.25) is 4.79 Å².